The molecule has 0 aromatic carbocycles. The Morgan fingerprint density at radius 3 is 2.56 bits per heavy atom. The average molecular weight is 221 g/mol. The molecule has 0 saturated heterocycles. The van der Waals surface area contributed by atoms with Gasteiger partial charge in [0.2, 0.25) is 5.91 Å². The lowest BCUT2D eigenvalue weighted by Crippen LogP contribution is -2.43. The summed E-state index contributed by atoms with van der Waals surface area (Å²) in [6, 6.07) is 3.82. The lowest BCUT2D eigenvalue weighted by Gasteiger charge is -2.20. The number of amides is 1. The van der Waals surface area contributed by atoms with E-state index in [-0.39, 0.29) is 18.0 Å². The number of anilines is 1. The van der Waals surface area contributed by atoms with Gasteiger partial charge in [0.1, 0.15) is 5.82 Å². The molecule has 0 unspecified atom stereocenters. The standard InChI is InChI=1S/C12H19N3O/c1-9-5-6-10(13-7-9)14-8-11(16)15-12(2,3)4/h5-7H,8H2,1-4H3,(H,13,14)(H,15,16). The third kappa shape index (κ3) is 4.77. The number of nitrogens with one attached hydrogen (secondary N) is 2. The molecule has 1 aromatic rings. The van der Waals surface area contributed by atoms with Crippen LogP contribution in [0.5, 0.6) is 0 Å². The average Bonchev–Trinajstić information content (AvgIpc) is 2.14. The Kier molecular flexibility index (Phi) is 3.88. The second-order valence-electron chi connectivity index (χ2n) is 4.87. The second kappa shape index (κ2) is 4.96. The first kappa shape index (κ1) is 12.5. The summed E-state index contributed by atoms with van der Waals surface area (Å²) < 4.78 is 0. The van der Waals surface area contributed by atoms with E-state index in [1.807, 2.05) is 39.8 Å². The third-order valence-corrected chi connectivity index (χ3v) is 1.86. The monoisotopic (exact) mass is 221 g/mol. The molecule has 1 heterocycles. The van der Waals surface area contributed by atoms with Gasteiger partial charge in [-0.3, -0.25) is 4.79 Å². The zero-order valence-corrected chi connectivity index (χ0v) is 10.3. The highest BCUT2D eigenvalue weighted by molar-refractivity contribution is 5.80. The minimum Gasteiger partial charge on any atom is -0.361 e. The molecule has 0 bridgehead atoms. The predicted octanol–water partition coefficient (Wildman–Crippen LogP) is 1.72. The smallest absolute Gasteiger partial charge is 0.239 e. The van der Waals surface area contributed by atoms with E-state index in [1.54, 1.807) is 6.20 Å². The Balaban J connectivity index is 2.40. The molecule has 0 saturated carbocycles. The van der Waals surface area contributed by atoms with Gasteiger partial charge in [0.05, 0.1) is 6.54 Å². The van der Waals surface area contributed by atoms with Crippen LogP contribution >= 0.6 is 0 Å². The second-order valence-corrected chi connectivity index (χ2v) is 4.87. The van der Waals surface area contributed by atoms with Gasteiger partial charge in [0.15, 0.2) is 0 Å². The van der Waals surface area contributed by atoms with E-state index in [9.17, 15) is 4.79 Å². The van der Waals surface area contributed by atoms with E-state index in [2.05, 4.69) is 15.6 Å². The molecule has 1 rings (SSSR count). The molecule has 0 spiro atoms. The Labute approximate surface area is 96.5 Å². The number of nitrogens with zero attached hydrogens (tertiary/aromatic N) is 1. The number of rotatable bonds is 3. The van der Waals surface area contributed by atoms with Gasteiger partial charge in [0.25, 0.3) is 0 Å². The SMILES string of the molecule is Cc1ccc(NCC(=O)NC(C)(C)C)nc1. The number of hydrogen-bond acceptors (Lipinski definition) is 3. The molecule has 16 heavy (non-hydrogen) atoms. The van der Waals surface area contributed by atoms with E-state index >= 15 is 0 Å². The first-order chi connectivity index (χ1) is 7.37. The van der Waals surface area contributed by atoms with E-state index in [0.29, 0.717) is 0 Å². The fraction of sp³-hybridized carbons (Fsp3) is 0.500. The van der Waals surface area contributed by atoms with Crippen molar-refractivity contribution in [1.82, 2.24) is 10.3 Å². The van der Waals surface area contributed by atoms with Crippen molar-refractivity contribution in [2.45, 2.75) is 33.2 Å². The molecule has 88 valence electrons. The highest BCUT2D eigenvalue weighted by atomic mass is 16.2. The third-order valence-electron chi connectivity index (χ3n) is 1.86. The number of aromatic nitrogens is 1. The van der Waals surface area contributed by atoms with Crippen LogP contribution in [0, 0.1) is 6.92 Å². The Morgan fingerprint density at radius 1 is 1.38 bits per heavy atom. The van der Waals surface area contributed by atoms with Crippen molar-refractivity contribution in [3.8, 4) is 0 Å². The first-order valence-corrected chi connectivity index (χ1v) is 5.34. The van der Waals surface area contributed by atoms with Gasteiger partial charge in [-0.25, -0.2) is 4.98 Å². The summed E-state index contributed by atoms with van der Waals surface area (Å²) in [4.78, 5) is 15.7. The molecule has 1 amide bonds. The normalized spacial score (nSPS) is 11.0. The molecule has 0 aliphatic rings. The topological polar surface area (TPSA) is 54.0 Å². The van der Waals surface area contributed by atoms with Gasteiger partial charge in [0, 0.05) is 11.7 Å². The summed E-state index contributed by atoms with van der Waals surface area (Å²) in [5, 5.41) is 5.84. The molecule has 1 aromatic heterocycles. The van der Waals surface area contributed by atoms with E-state index in [4.69, 9.17) is 0 Å². The van der Waals surface area contributed by atoms with Crippen molar-refractivity contribution >= 4 is 11.7 Å². The Morgan fingerprint density at radius 2 is 2.06 bits per heavy atom. The molecule has 4 heteroatoms. The number of aryl methyl sites for hydroxylation is 1. The largest absolute Gasteiger partial charge is 0.361 e. The number of carbonyl (C=O) groups excluding carboxylic acids is 1. The van der Waals surface area contributed by atoms with Gasteiger partial charge in [-0.15, -0.1) is 0 Å². The van der Waals surface area contributed by atoms with Crippen molar-refractivity contribution < 1.29 is 4.79 Å². The molecule has 0 atom stereocenters. The number of pyridine rings is 1. The van der Waals surface area contributed by atoms with Crippen LogP contribution in [0.25, 0.3) is 0 Å². The molecular weight excluding hydrogens is 202 g/mol. The zero-order chi connectivity index (χ0) is 12.2. The molecular formula is C12H19N3O. The molecule has 0 aliphatic carbocycles. The summed E-state index contributed by atoms with van der Waals surface area (Å²) in [7, 11) is 0. The van der Waals surface area contributed by atoms with Crippen molar-refractivity contribution in [3.05, 3.63) is 23.9 Å². The van der Waals surface area contributed by atoms with Crippen LogP contribution in [0.4, 0.5) is 5.82 Å². The number of hydrogen-bond donors (Lipinski definition) is 2. The molecule has 4 nitrogen and oxygen atoms in total. The molecule has 0 fully saturated rings. The van der Waals surface area contributed by atoms with Crippen LogP contribution in [-0.2, 0) is 4.79 Å². The van der Waals surface area contributed by atoms with Gasteiger partial charge in [-0.1, -0.05) is 6.07 Å². The quantitative estimate of drug-likeness (QED) is 0.817. The van der Waals surface area contributed by atoms with Gasteiger partial charge >= 0.3 is 0 Å². The minimum atomic E-state index is -0.195. The van der Waals surface area contributed by atoms with Crippen LogP contribution in [0.2, 0.25) is 0 Å². The Bertz CT molecular complexity index is 352. The highest BCUT2D eigenvalue weighted by Crippen LogP contribution is 2.03. The zero-order valence-electron chi connectivity index (χ0n) is 10.3. The summed E-state index contributed by atoms with van der Waals surface area (Å²) in [5.74, 6) is 0.685. The Hall–Kier alpha value is -1.58. The summed E-state index contributed by atoms with van der Waals surface area (Å²) in [5.41, 5.74) is 0.907. The van der Waals surface area contributed by atoms with Crippen molar-refractivity contribution in [3.63, 3.8) is 0 Å². The maximum atomic E-state index is 11.5. The maximum absolute atomic E-state index is 11.5. The van der Waals surface area contributed by atoms with Crippen LogP contribution in [-0.4, -0.2) is 23.0 Å². The lowest BCUT2D eigenvalue weighted by molar-refractivity contribution is -0.120. The van der Waals surface area contributed by atoms with E-state index in [0.717, 1.165) is 11.4 Å². The van der Waals surface area contributed by atoms with Crippen molar-refractivity contribution in [1.29, 1.82) is 0 Å². The number of carbonyl (C=O) groups is 1. The van der Waals surface area contributed by atoms with Crippen LogP contribution in [0.1, 0.15) is 26.3 Å². The fourth-order valence-electron chi connectivity index (χ4n) is 1.21. The summed E-state index contributed by atoms with van der Waals surface area (Å²) in [6.45, 7) is 8.08. The minimum absolute atomic E-state index is 0.0325. The van der Waals surface area contributed by atoms with Crippen LogP contribution in [0.15, 0.2) is 18.3 Å². The maximum Gasteiger partial charge on any atom is 0.239 e. The van der Waals surface area contributed by atoms with Crippen molar-refractivity contribution in [2.75, 3.05) is 11.9 Å². The first-order valence-electron chi connectivity index (χ1n) is 5.34. The van der Waals surface area contributed by atoms with E-state index in [1.165, 1.54) is 0 Å². The lowest BCUT2D eigenvalue weighted by atomic mass is 10.1. The van der Waals surface area contributed by atoms with E-state index < -0.39 is 0 Å². The molecule has 2 N–H and O–H groups in total. The van der Waals surface area contributed by atoms with Gasteiger partial charge < -0.3 is 10.6 Å². The van der Waals surface area contributed by atoms with Gasteiger partial charge in [-0.05, 0) is 39.3 Å². The van der Waals surface area contributed by atoms with Crippen LogP contribution in [0.3, 0.4) is 0 Å². The van der Waals surface area contributed by atoms with Gasteiger partial charge in [-0.2, -0.15) is 0 Å². The summed E-state index contributed by atoms with van der Waals surface area (Å²) in [6.07, 6.45) is 1.77. The van der Waals surface area contributed by atoms with Crippen LogP contribution < -0.4 is 10.6 Å². The fourth-order valence-corrected chi connectivity index (χ4v) is 1.21. The highest BCUT2D eigenvalue weighted by Gasteiger charge is 2.12. The summed E-state index contributed by atoms with van der Waals surface area (Å²) >= 11 is 0. The molecule has 0 radical (unpaired) electrons. The van der Waals surface area contributed by atoms with Crippen molar-refractivity contribution in [2.24, 2.45) is 0 Å². The molecule has 0 aliphatic heterocycles. The predicted molar refractivity (Wildman–Crippen MR) is 65.4 cm³/mol.